The average Bonchev–Trinajstić information content (AvgIpc) is 3.09. The lowest BCUT2D eigenvalue weighted by Gasteiger charge is -2.07. The van der Waals surface area contributed by atoms with E-state index in [1.807, 2.05) is 35.1 Å². The van der Waals surface area contributed by atoms with Crippen LogP contribution in [0.2, 0.25) is 0 Å². The lowest BCUT2D eigenvalue weighted by molar-refractivity contribution is 0.161. The lowest BCUT2D eigenvalue weighted by atomic mass is 10.2. The van der Waals surface area contributed by atoms with Crippen LogP contribution in [-0.2, 0) is 6.54 Å². The Hall–Kier alpha value is -1.65. The molecule has 1 aliphatic carbocycles. The van der Waals surface area contributed by atoms with Gasteiger partial charge in [0.05, 0.1) is 5.69 Å². The van der Waals surface area contributed by atoms with Crippen molar-refractivity contribution in [2.45, 2.75) is 25.3 Å². The van der Waals surface area contributed by atoms with Crippen LogP contribution in [0.4, 0.5) is 0 Å². The van der Waals surface area contributed by atoms with Gasteiger partial charge in [0.2, 0.25) is 0 Å². The van der Waals surface area contributed by atoms with Crippen molar-refractivity contribution in [3.8, 4) is 5.69 Å². The van der Waals surface area contributed by atoms with Gasteiger partial charge >= 0.3 is 0 Å². The first kappa shape index (κ1) is 10.5. The van der Waals surface area contributed by atoms with Gasteiger partial charge in [-0.15, -0.1) is 0 Å². The van der Waals surface area contributed by atoms with Gasteiger partial charge in [-0.3, -0.25) is 0 Å². The normalized spacial score (nSPS) is 15.1. The fourth-order valence-electron chi connectivity index (χ4n) is 2.06. The number of benzene rings is 1. The van der Waals surface area contributed by atoms with Gasteiger partial charge in [-0.2, -0.15) is 5.10 Å². The van der Waals surface area contributed by atoms with Gasteiger partial charge in [0.15, 0.2) is 0 Å². The maximum absolute atomic E-state index is 8.63. The molecule has 0 saturated heterocycles. The molecule has 0 radical (unpaired) electrons. The fourth-order valence-corrected chi connectivity index (χ4v) is 2.06. The number of aromatic nitrogens is 2. The maximum atomic E-state index is 8.63. The summed E-state index contributed by atoms with van der Waals surface area (Å²) in [6.45, 7) is 0.467. The molecule has 0 aliphatic heterocycles. The van der Waals surface area contributed by atoms with Crippen molar-refractivity contribution in [3.05, 3.63) is 47.8 Å². The van der Waals surface area contributed by atoms with E-state index in [4.69, 9.17) is 5.21 Å². The molecule has 2 N–H and O–H groups in total. The molecular weight excluding hydrogens is 214 g/mol. The molecule has 4 heteroatoms. The highest BCUT2D eigenvalue weighted by Gasteiger charge is 2.27. The molecule has 88 valence electrons. The lowest BCUT2D eigenvalue weighted by Crippen LogP contribution is -2.06. The summed E-state index contributed by atoms with van der Waals surface area (Å²) in [6.07, 6.45) is 4.41. The second-order valence-corrected chi connectivity index (χ2v) is 4.44. The minimum atomic E-state index is 0.467. The molecule has 1 aromatic carbocycles. The van der Waals surface area contributed by atoms with Gasteiger partial charge in [0.25, 0.3) is 0 Å². The Morgan fingerprint density at radius 1 is 1.24 bits per heavy atom. The molecule has 0 unspecified atom stereocenters. The molecule has 0 atom stereocenters. The van der Waals surface area contributed by atoms with Crippen LogP contribution < -0.4 is 5.48 Å². The average molecular weight is 229 g/mol. The van der Waals surface area contributed by atoms with Crippen molar-refractivity contribution in [2.75, 3.05) is 0 Å². The molecular formula is C13H15N3O. The zero-order chi connectivity index (χ0) is 11.7. The quantitative estimate of drug-likeness (QED) is 0.790. The minimum absolute atomic E-state index is 0.467. The third-order valence-electron chi connectivity index (χ3n) is 3.13. The first-order valence-corrected chi connectivity index (χ1v) is 5.88. The highest BCUT2D eigenvalue weighted by Crippen LogP contribution is 2.40. The van der Waals surface area contributed by atoms with Crippen molar-refractivity contribution < 1.29 is 5.21 Å². The predicted molar refractivity (Wildman–Crippen MR) is 64.2 cm³/mol. The van der Waals surface area contributed by atoms with Gasteiger partial charge in [-0.05, 0) is 36.6 Å². The van der Waals surface area contributed by atoms with E-state index in [0.717, 1.165) is 11.3 Å². The number of hydrogen-bond donors (Lipinski definition) is 2. The van der Waals surface area contributed by atoms with E-state index in [2.05, 4.69) is 16.6 Å². The molecule has 4 nitrogen and oxygen atoms in total. The Bertz CT molecular complexity index is 500. The van der Waals surface area contributed by atoms with E-state index in [1.165, 1.54) is 18.5 Å². The van der Waals surface area contributed by atoms with Gasteiger partial charge in [0.1, 0.15) is 0 Å². The fraction of sp³-hybridized carbons (Fsp3) is 0.308. The SMILES string of the molecule is ONCc1ccc(-n2nccc2C2CC2)cc1. The molecule has 1 saturated carbocycles. The van der Waals surface area contributed by atoms with Crippen LogP contribution in [0.5, 0.6) is 0 Å². The molecule has 3 rings (SSSR count). The van der Waals surface area contributed by atoms with Crippen LogP contribution in [-0.4, -0.2) is 15.0 Å². The van der Waals surface area contributed by atoms with Crippen LogP contribution in [0.1, 0.15) is 30.0 Å². The predicted octanol–water partition coefficient (Wildman–Crippen LogP) is 2.23. The summed E-state index contributed by atoms with van der Waals surface area (Å²) in [5, 5.41) is 13.0. The van der Waals surface area contributed by atoms with Crippen molar-refractivity contribution in [2.24, 2.45) is 0 Å². The topological polar surface area (TPSA) is 50.1 Å². The van der Waals surface area contributed by atoms with Crippen molar-refractivity contribution in [1.29, 1.82) is 0 Å². The first-order chi connectivity index (χ1) is 8.38. The Balaban J connectivity index is 1.89. The Morgan fingerprint density at radius 2 is 2.00 bits per heavy atom. The van der Waals surface area contributed by atoms with Crippen LogP contribution >= 0.6 is 0 Å². The first-order valence-electron chi connectivity index (χ1n) is 5.88. The molecule has 1 fully saturated rings. The van der Waals surface area contributed by atoms with Crippen LogP contribution in [0.25, 0.3) is 5.69 Å². The monoisotopic (exact) mass is 229 g/mol. The van der Waals surface area contributed by atoms with E-state index in [0.29, 0.717) is 12.5 Å². The second kappa shape index (κ2) is 4.31. The Labute approximate surface area is 99.8 Å². The molecule has 1 heterocycles. The van der Waals surface area contributed by atoms with Gasteiger partial charge < -0.3 is 5.21 Å². The summed E-state index contributed by atoms with van der Waals surface area (Å²) in [4.78, 5) is 0. The van der Waals surface area contributed by atoms with Crippen molar-refractivity contribution in [1.82, 2.24) is 15.3 Å². The number of nitrogens with one attached hydrogen (secondary N) is 1. The zero-order valence-electron chi connectivity index (χ0n) is 9.50. The number of nitrogens with zero attached hydrogens (tertiary/aromatic N) is 2. The van der Waals surface area contributed by atoms with Crippen molar-refractivity contribution in [3.63, 3.8) is 0 Å². The van der Waals surface area contributed by atoms with Gasteiger partial charge in [-0.1, -0.05) is 12.1 Å². The molecule has 2 aromatic rings. The standard InChI is InChI=1S/C13H15N3O/c17-15-9-10-1-5-12(6-2-10)16-13(7-8-14-16)11-3-4-11/h1-2,5-8,11,15,17H,3-4,9H2. The summed E-state index contributed by atoms with van der Waals surface area (Å²) in [5.74, 6) is 0.691. The third-order valence-corrected chi connectivity index (χ3v) is 3.13. The Kier molecular flexibility index (Phi) is 2.66. The van der Waals surface area contributed by atoms with Gasteiger partial charge in [0, 0.05) is 24.4 Å². The summed E-state index contributed by atoms with van der Waals surface area (Å²) in [7, 11) is 0. The molecule has 0 spiro atoms. The van der Waals surface area contributed by atoms with Crippen LogP contribution in [0, 0.1) is 0 Å². The number of hydroxylamine groups is 1. The van der Waals surface area contributed by atoms with Crippen LogP contribution in [0.15, 0.2) is 36.5 Å². The highest BCUT2D eigenvalue weighted by molar-refractivity contribution is 5.36. The summed E-state index contributed by atoms with van der Waals surface area (Å²) in [5.41, 5.74) is 5.59. The van der Waals surface area contributed by atoms with Crippen molar-refractivity contribution >= 4 is 0 Å². The Morgan fingerprint density at radius 3 is 2.65 bits per heavy atom. The van der Waals surface area contributed by atoms with E-state index in [-0.39, 0.29) is 0 Å². The highest BCUT2D eigenvalue weighted by atomic mass is 16.5. The molecule has 0 bridgehead atoms. The van der Waals surface area contributed by atoms with Gasteiger partial charge in [-0.25, -0.2) is 10.2 Å². The summed E-state index contributed by atoms with van der Waals surface area (Å²) < 4.78 is 2.01. The third kappa shape index (κ3) is 2.09. The van der Waals surface area contributed by atoms with E-state index >= 15 is 0 Å². The van der Waals surface area contributed by atoms with E-state index in [1.54, 1.807) is 0 Å². The molecule has 0 amide bonds. The van der Waals surface area contributed by atoms with E-state index < -0.39 is 0 Å². The number of hydrogen-bond acceptors (Lipinski definition) is 3. The van der Waals surface area contributed by atoms with Crippen LogP contribution in [0.3, 0.4) is 0 Å². The zero-order valence-corrected chi connectivity index (χ0v) is 9.50. The summed E-state index contributed by atoms with van der Waals surface area (Å²) in [6, 6.07) is 10.2. The molecule has 1 aliphatic rings. The maximum Gasteiger partial charge on any atom is 0.0649 e. The van der Waals surface area contributed by atoms with E-state index in [9.17, 15) is 0 Å². The summed E-state index contributed by atoms with van der Waals surface area (Å²) >= 11 is 0. The molecule has 1 aromatic heterocycles. The minimum Gasteiger partial charge on any atom is -0.316 e. The smallest absolute Gasteiger partial charge is 0.0649 e. The largest absolute Gasteiger partial charge is 0.316 e. The number of rotatable bonds is 4. The second-order valence-electron chi connectivity index (χ2n) is 4.44. The molecule has 17 heavy (non-hydrogen) atoms.